The van der Waals surface area contributed by atoms with Gasteiger partial charge in [-0.1, -0.05) is 12.8 Å². The molecule has 2 aromatic heterocycles. The number of pyridine rings is 1. The van der Waals surface area contributed by atoms with Crippen LogP contribution in [0.1, 0.15) is 31.7 Å². The Bertz CT molecular complexity index is 532. The zero-order chi connectivity index (χ0) is 10.3. The number of nitrogens with one attached hydrogen (secondary N) is 1. The van der Waals surface area contributed by atoms with Crippen LogP contribution in [-0.2, 0) is 0 Å². The van der Waals surface area contributed by atoms with Crippen molar-refractivity contribution in [3.05, 3.63) is 34.7 Å². The number of fused-ring (bicyclic) bond motifs is 1. The van der Waals surface area contributed by atoms with E-state index < -0.39 is 0 Å². The highest BCUT2D eigenvalue weighted by Gasteiger charge is 2.19. The van der Waals surface area contributed by atoms with Crippen LogP contribution in [0.25, 0.3) is 11.0 Å². The lowest BCUT2D eigenvalue weighted by Crippen LogP contribution is -2.22. The lowest BCUT2D eigenvalue weighted by Gasteiger charge is -2.14. The zero-order valence-corrected chi connectivity index (χ0v) is 8.57. The Balaban J connectivity index is 2.25. The van der Waals surface area contributed by atoms with Gasteiger partial charge in [-0.15, -0.1) is 0 Å². The minimum atomic E-state index is 0.133. The van der Waals surface area contributed by atoms with Crippen LogP contribution < -0.4 is 5.56 Å². The summed E-state index contributed by atoms with van der Waals surface area (Å²) in [6.07, 6.45) is 6.68. The molecule has 0 spiro atoms. The predicted octanol–water partition coefficient (Wildman–Crippen LogP) is 2.44. The first-order chi connectivity index (χ1) is 7.36. The van der Waals surface area contributed by atoms with Gasteiger partial charge in [0.05, 0.1) is 11.0 Å². The summed E-state index contributed by atoms with van der Waals surface area (Å²) < 4.78 is 1.96. The van der Waals surface area contributed by atoms with Crippen LogP contribution >= 0.6 is 0 Å². The number of nitrogens with zero attached hydrogens (tertiary/aromatic N) is 1. The van der Waals surface area contributed by atoms with Gasteiger partial charge in [-0.3, -0.25) is 4.79 Å². The van der Waals surface area contributed by atoms with Crippen molar-refractivity contribution in [1.82, 2.24) is 9.55 Å². The summed E-state index contributed by atoms with van der Waals surface area (Å²) in [4.78, 5) is 15.0. The maximum atomic E-state index is 11.9. The number of H-pyrrole nitrogens is 1. The van der Waals surface area contributed by atoms with Crippen LogP contribution in [-0.4, -0.2) is 9.55 Å². The molecule has 3 heteroatoms. The standard InChI is InChI=1S/C12H14N2O/c15-12-6-5-10-11(7-8-13-10)14(12)9-3-1-2-4-9/h5-9,13H,1-4H2. The Kier molecular flexibility index (Phi) is 1.91. The molecular weight excluding hydrogens is 188 g/mol. The average molecular weight is 202 g/mol. The van der Waals surface area contributed by atoms with Crippen molar-refractivity contribution in [3.63, 3.8) is 0 Å². The molecule has 0 radical (unpaired) electrons. The maximum absolute atomic E-state index is 11.9. The first-order valence-corrected chi connectivity index (χ1v) is 5.55. The molecular formula is C12H14N2O. The molecule has 0 aromatic carbocycles. The molecule has 3 rings (SSSR count). The normalized spacial score (nSPS) is 17.6. The summed E-state index contributed by atoms with van der Waals surface area (Å²) in [6, 6.07) is 5.94. The largest absolute Gasteiger partial charge is 0.360 e. The summed E-state index contributed by atoms with van der Waals surface area (Å²) in [7, 11) is 0. The number of rotatable bonds is 1. The van der Waals surface area contributed by atoms with E-state index in [0.29, 0.717) is 6.04 Å². The SMILES string of the molecule is O=c1ccc2[nH]ccc2n1C1CCCC1. The lowest BCUT2D eigenvalue weighted by molar-refractivity contribution is 0.520. The lowest BCUT2D eigenvalue weighted by atomic mass is 10.2. The van der Waals surface area contributed by atoms with Gasteiger partial charge in [-0.25, -0.2) is 0 Å². The van der Waals surface area contributed by atoms with Gasteiger partial charge >= 0.3 is 0 Å². The van der Waals surface area contributed by atoms with Gasteiger partial charge in [-0.05, 0) is 25.0 Å². The average Bonchev–Trinajstić information content (AvgIpc) is 2.85. The fourth-order valence-corrected chi connectivity index (χ4v) is 2.61. The molecule has 0 bridgehead atoms. The van der Waals surface area contributed by atoms with Crippen LogP contribution in [0.15, 0.2) is 29.2 Å². The number of aromatic nitrogens is 2. The van der Waals surface area contributed by atoms with Crippen LogP contribution in [0.3, 0.4) is 0 Å². The van der Waals surface area contributed by atoms with Crippen LogP contribution in [0, 0.1) is 0 Å². The van der Waals surface area contributed by atoms with Crippen molar-refractivity contribution in [2.24, 2.45) is 0 Å². The second-order valence-electron chi connectivity index (χ2n) is 4.26. The van der Waals surface area contributed by atoms with Crippen LogP contribution in [0.5, 0.6) is 0 Å². The van der Waals surface area contributed by atoms with Crippen molar-refractivity contribution < 1.29 is 0 Å². The molecule has 3 nitrogen and oxygen atoms in total. The van der Waals surface area contributed by atoms with Gasteiger partial charge < -0.3 is 9.55 Å². The highest BCUT2D eigenvalue weighted by Crippen LogP contribution is 2.30. The number of aromatic amines is 1. The van der Waals surface area contributed by atoms with Crippen molar-refractivity contribution >= 4 is 11.0 Å². The molecule has 1 N–H and O–H groups in total. The Morgan fingerprint density at radius 2 is 2.00 bits per heavy atom. The molecule has 15 heavy (non-hydrogen) atoms. The summed E-state index contributed by atoms with van der Waals surface area (Å²) in [5.74, 6) is 0. The molecule has 2 heterocycles. The molecule has 0 amide bonds. The van der Waals surface area contributed by atoms with Crippen LogP contribution in [0.4, 0.5) is 0 Å². The Hall–Kier alpha value is -1.51. The molecule has 0 saturated heterocycles. The van der Waals surface area contributed by atoms with Crippen molar-refractivity contribution in [3.8, 4) is 0 Å². The van der Waals surface area contributed by atoms with E-state index >= 15 is 0 Å². The van der Waals surface area contributed by atoms with Gasteiger partial charge in [0, 0.05) is 18.3 Å². The van der Waals surface area contributed by atoms with Gasteiger partial charge in [0.15, 0.2) is 0 Å². The highest BCUT2D eigenvalue weighted by molar-refractivity contribution is 5.75. The molecule has 1 aliphatic rings. The topological polar surface area (TPSA) is 37.8 Å². The van der Waals surface area contributed by atoms with E-state index in [1.54, 1.807) is 6.07 Å². The monoisotopic (exact) mass is 202 g/mol. The molecule has 1 aliphatic carbocycles. The highest BCUT2D eigenvalue weighted by atomic mass is 16.1. The summed E-state index contributed by atoms with van der Waals surface area (Å²) in [5, 5.41) is 0. The Morgan fingerprint density at radius 1 is 1.20 bits per heavy atom. The van der Waals surface area contributed by atoms with Crippen molar-refractivity contribution in [2.75, 3.05) is 0 Å². The molecule has 78 valence electrons. The predicted molar refractivity (Wildman–Crippen MR) is 60.1 cm³/mol. The van der Waals surface area contributed by atoms with E-state index in [1.165, 1.54) is 12.8 Å². The summed E-state index contributed by atoms with van der Waals surface area (Å²) in [5.41, 5.74) is 2.24. The third-order valence-corrected chi connectivity index (χ3v) is 3.34. The summed E-state index contributed by atoms with van der Waals surface area (Å²) >= 11 is 0. The fourth-order valence-electron chi connectivity index (χ4n) is 2.61. The molecule has 1 saturated carbocycles. The van der Waals surface area contributed by atoms with E-state index in [0.717, 1.165) is 23.9 Å². The second-order valence-corrected chi connectivity index (χ2v) is 4.26. The van der Waals surface area contributed by atoms with Gasteiger partial charge in [0.25, 0.3) is 5.56 Å². The Labute approximate surface area is 87.7 Å². The summed E-state index contributed by atoms with van der Waals surface area (Å²) in [6.45, 7) is 0. The van der Waals surface area contributed by atoms with E-state index in [4.69, 9.17) is 0 Å². The maximum Gasteiger partial charge on any atom is 0.251 e. The fraction of sp³-hybridized carbons (Fsp3) is 0.417. The van der Waals surface area contributed by atoms with E-state index in [9.17, 15) is 4.79 Å². The molecule has 2 aromatic rings. The Morgan fingerprint density at radius 3 is 2.80 bits per heavy atom. The zero-order valence-electron chi connectivity index (χ0n) is 8.57. The molecule has 1 fully saturated rings. The van der Waals surface area contributed by atoms with E-state index in [1.807, 2.05) is 22.9 Å². The first kappa shape index (κ1) is 8.77. The van der Waals surface area contributed by atoms with Gasteiger partial charge in [0.1, 0.15) is 0 Å². The minimum Gasteiger partial charge on any atom is -0.360 e. The van der Waals surface area contributed by atoms with E-state index in [-0.39, 0.29) is 5.56 Å². The van der Waals surface area contributed by atoms with E-state index in [2.05, 4.69) is 4.98 Å². The van der Waals surface area contributed by atoms with Gasteiger partial charge in [-0.2, -0.15) is 0 Å². The first-order valence-electron chi connectivity index (χ1n) is 5.55. The number of hydrogen-bond donors (Lipinski definition) is 1. The third kappa shape index (κ3) is 1.30. The second kappa shape index (κ2) is 3.26. The minimum absolute atomic E-state index is 0.133. The van der Waals surface area contributed by atoms with Gasteiger partial charge in [0.2, 0.25) is 0 Å². The van der Waals surface area contributed by atoms with Crippen molar-refractivity contribution in [1.29, 1.82) is 0 Å². The van der Waals surface area contributed by atoms with Crippen molar-refractivity contribution in [2.45, 2.75) is 31.7 Å². The molecule has 0 unspecified atom stereocenters. The van der Waals surface area contributed by atoms with Crippen LogP contribution in [0.2, 0.25) is 0 Å². The number of hydrogen-bond acceptors (Lipinski definition) is 1. The quantitative estimate of drug-likeness (QED) is 0.757. The molecule has 0 aliphatic heterocycles. The molecule has 0 atom stereocenters. The smallest absolute Gasteiger partial charge is 0.251 e. The third-order valence-electron chi connectivity index (χ3n) is 3.34.